The van der Waals surface area contributed by atoms with E-state index in [4.69, 9.17) is 15.2 Å². The molecule has 0 saturated carbocycles. The minimum atomic E-state index is 0.520. The van der Waals surface area contributed by atoms with Gasteiger partial charge in [-0.15, -0.1) is 0 Å². The molecule has 21 heavy (non-hydrogen) atoms. The summed E-state index contributed by atoms with van der Waals surface area (Å²) >= 11 is 3.42. The summed E-state index contributed by atoms with van der Waals surface area (Å²) in [6, 6.07) is 14.1. The summed E-state index contributed by atoms with van der Waals surface area (Å²) < 4.78 is 12.3. The topological polar surface area (TPSA) is 44.5 Å². The van der Waals surface area contributed by atoms with Crippen LogP contribution in [0.2, 0.25) is 0 Å². The highest BCUT2D eigenvalue weighted by atomic mass is 79.9. The Hall–Kier alpha value is -1.52. The van der Waals surface area contributed by atoms with E-state index in [-0.39, 0.29) is 0 Å². The molecule has 112 valence electrons. The summed E-state index contributed by atoms with van der Waals surface area (Å²) in [4.78, 5) is 0. The number of ether oxygens (including phenoxy) is 2. The van der Waals surface area contributed by atoms with Gasteiger partial charge < -0.3 is 15.2 Å². The van der Waals surface area contributed by atoms with Crippen LogP contribution >= 0.6 is 15.9 Å². The maximum absolute atomic E-state index is 5.85. The van der Waals surface area contributed by atoms with Crippen molar-refractivity contribution in [3.05, 3.63) is 58.1 Å². The van der Waals surface area contributed by atoms with E-state index >= 15 is 0 Å². The summed E-state index contributed by atoms with van der Waals surface area (Å²) in [7, 11) is 1.66. The average Bonchev–Trinajstić information content (AvgIpc) is 2.52. The summed E-state index contributed by atoms with van der Waals surface area (Å²) in [5.41, 5.74) is 7.87. The predicted octanol–water partition coefficient (Wildman–Crippen LogP) is 3.93. The molecule has 4 heteroatoms. The van der Waals surface area contributed by atoms with Crippen LogP contribution in [0.15, 0.2) is 46.9 Å². The van der Waals surface area contributed by atoms with Crippen molar-refractivity contribution in [1.82, 2.24) is 0 Å². The lowest BCUT2D eigenvalue weighted by Crippen LogP contribution is -2.01. The van der Waals surface area contributed by atoms with E-state index in [9.17, 15) is 0 Å². The first-order chi connectivity index (χ1) is 10.2. The van der Waals surface area contributed by atoms with E-state index in [0.717, 1.165) is 34.4 Å². The maximum Gasteiger partial charge on any atom is 0.161 e. The Morgan fingerprint density at radius 2 is 1.71 bits per heavy atom. The summed E-state index contributed by atoms with van der Waals surface area (Å²) in [6.45, 7) is 1.22. The molecule has 2 rings (SSSR count). The molecule has 0 fully saturated rings. The minimum Gasteiger partial charge on any atom is -0.493 e. The molecule has 0 unspecified atom stereocenters. The maximum atomic E-state index is 5.85. The molecule has 2 aromatic rings. The van der Waals surface area contributed by atoms with Crippen LogP contribution in [0, 0.1) is 0 Å². The lowest BCUT2D eigenvalue weighted by molar-refractivity contribution is 0.284. The van der Waals surface area contributed by atoms with E-state index in [1.165, 1.54) is 5.56 Å². The van der Waals surface area contributed by atoms with Gasteiger partial charge in [0.1, 0.15) is 6.61 Å². The Kier molecular flexibility index (Phi) is 6.08. The van der Waals surface area contributed by atoms with E-state index in [0.29, 0.717) is 13.2 Å². The van der Waals surface area contributed by atoms with Crippen molar-refractivity contribution in [1.29, 1.82) is 0 Å². The van der Waals surface area contributed by atoms with Gasteiger partial charge in [0.2, 0.25) is 0 Å². The van der Waals surface area contributed by atoms with Crippen molar-refractivity contribution >= 4 is 15.9 Å². The second-order valence-electron chi connectivity index (χ2n) is 4.79. The molecule has 0 heterocycles. The molecule has 0 aliphatic rings. The molecule has 0 aliphatic heterocycles. The zero-order valence-corrected chi connectivity index (χ0v) is 13.7. The van der Waals surface area contributed by atoms with Gasteiger partial charge in [0, 0.05) is 4.47 Å². The van der Waals surface area contributed by atoms with Crippen LogP contribution in [0.3, 0.4) is 0 Å². The van der Waals surface area contributed by atoms with Crippen LogP contribution in [0.1, 0.15) is 17.5 Å². The lowest BCUT2D eigenvalue weighted by Gasteiger charge is -2.12. The highest BCUT2D eigenvalue weighted by Crippen LogP contribution is 2.29. The van der Waals surface area contributed by atoms with Gasteiger partial charge >= 0.3 is 0 Å². The fraction of sp³-hybridized carbons (Fsp3) is 0.294. The van der Waals surface area contributed by atoms with Crippen molar-refractivity contribution < 1.29 is 9.47 Å². The normalized spacial score (nSPS) is 10.4. The highest BCUT2D eigenvalue weighted by molar-refractivity contribution is 9.10. The molecule has 2 aromatic carbocycles. The first-order valence-electron chi connectivity index (χ1n) is 6.97. The Labute approximate surface area is 134 Å². The lowest BCUT2D eigenvalue weighted by atomic mass is 10.1. The molecular weight excluding hydrogens is 330 g/mol. The third-order valence-electron chi connectivity index (χ3n) is 3.21. The second-order valence-corrected chi connectivity index (χ2v) is 5.71. The van der Waals surface area contributed by atoms with E-state index in [2.05, 4.69) is 22.0 Å². The van der Waals surface area contributed by atoms with Gasteiger partial charge in [0.05, 0.1) is 7.11 Å². The predicted molar refractivity (Wildman–Crippen MR) is 88.8 cm³/mol. The summed E-state index contributed by atoms with van der Waals surface area (Å²) in [5.74, 6) is 1.53. The molecule has 2 N–H and O–H groups in total. The Morgan fingerprint density at radius 1 is 1.00 bits per heavy atom. The SMILES string of the molecule is COc1cc(CCCN)ccc1OCc1ccc(Br)cc1. The van der Waals surface area contributed by atoms with Crippen LogP contribution in [0.25, 0.3) is 0 Å². The third kappa shape index (κ3) is 4.76. The zero-order chi connectivity index (χ0) is 15.1. The van der Waals surface area contributed by atoms with E-state index in [1.807, 2.05) is 36.4 Å². The largest absolute Gasteiger partial charge is 0.493 e. The minimum absolute atomic E-state index is 0.520. The number of benzene rings is 2. The number of methoxy groups -OCH3 is 1. The van der Waals surface area contributed by atoms with Gasteiger partial charge in [-0.3, -0.25) is 0 Å². The molecule has 0 saturated heterocycles. The average molecular weight is 350 g/mol. The van der Waals surface area contributed by atoms with Crippen LogP contribution < -0.4 is 15.2 Å². The standard InChI is InChI=1S/C17H20BrNO2/c1-20-17-11-13(3-2-10-19)6-9-16(17)21-12-14-4-7-15(18)8-5-14/h4-9,11H,2-3,10,12,19H2,1H3. The molecule has 0 radical (unpaired) electrons. The first kappa shape index (κ1) is 15.9. The van der Waals surface area contributed by atoms with Crippen molar-refractivity contribution in [2.45, 2.75) is 19.4 Å². The van der Waals surface area contributed by atoms with Gasteiger partial charge in [-0.05, 0) is 54.8 Å². The Morgan fingerprint density at radius 3 is 2.38 bits per heavy atom. The number of rotatable bonds is 7. The van der Waals surface area contributed by atoms with E-state index in [1.54, 1.807) is 7.11 Å². The molecule has 0 spiro atoms. The molecule has 0 bridgehead atoms. The Bertz CT molecular complexity index is 570. The second kappa shape index (κ2) is 8.05. The molecule has 0 aliphatic carbocycles. The van der Waals surface area contributed by atoms with Crippen LogP contribution in [0.4, 0.5) is 0 Å². The van der Waals surface area contributed by atoms with Crippen molar-refractivity contribution in [2.75, 3.05) is 13.7 Å². The highest BCUT2D eigenvalue weighted by Gasteiger charge is 2.06. The van der Waals surface area contributed by atoms with Crippen molar-refractivity contribution in [3.8, 4) is 11.5 Å². The van der Waals surface area contributed by atoms with Gasteiger partial charge in [-0.25, -0.2) is 0 Å². The molecule has 0 atom stereocenters. The smallest absolute Gasteiger partial charge is 0.161 e. The number of aryl methyl sites for hydroxylation is 1. The quantitative estimate of drug-likeness (QED) is 0.823. The molecule has 0 amide bonds. The van der Waals surface area contributed by atoms with Crippen LogP contribution in [-0.2, 0) is 13.0 Å². The fourth-order valence-corrected chi connectivity index (χ4v) is 2.30. The number of hydrogen-bond acceptors (Lipinski definition) is 3. The van der Waals surface area contributed by atoms with E-state index < -0.39 is 0 Å². The van der Waals surface area contributed by atoms with Gasteiger partial charge in [0.25, 0.3) is 0 Å². The van der Waals surface area contributed by atoms with Gasteiger partial charge in [0.15, 0.2) is 11.5 Å². The Balaban J connectivity index is 2.03. The number of halogens is 1. The first-order valence-corrected chi connectivity index (χ1v) is 7.76. The zero-order valence-electron chi connectivity index (χ0n) is 12.1. The number of hydrogen-bond donors (Lipinski definition) is 1. The van der Waals surface area contributed by atoms with Crippen LogP contribution in [-0.4, -0.2) is 13.7 Å². The third-order valence-corrected chi connectivity index (χ3v) is 3.73. The number of nitrogens with two attached hydrogens (primary N) is 1. The van der Waals surface area contributed by atoms with Crippen molar-refractivity contribution in [3.63, 3.8) is 0 Å². The molecule has 0 aromatic heterocycles. The van der Waals surface area contributed by atoms with Crippen LogP contribution in [0.5, 0.6) is 11.5 Å². The monoisotopic (exact) mass is 349 g/mol. The fourth-order valence-electron chi connectivity index (χ4n) is 2.03. The summed E-state index contributed by atoms with van der Waals surface area (Å²) in [5, 5.41) is 0. The van der Waals surface area contributed by atoms with Gasteiger partial charge in [-0.2, -0.15) is 0 Å². The molecule has 3 nitrogen and oxygen atoms in total. The van der Waals surface area contributed by atoms with Crippen molar-refractivity contribution in [2.24, 2.45) is 5.73 Å². The van der Waals surface area contributed by atoms with Gasteiger partial charge in [-0.1, -0.05) is 34.1 Å². The molecular formula is C17H20BrNO2. The summed E-state index contributed by atoms with van der Waals surface area (Å²) in [6.07, 6.45) is 1.93.